The van der Waals surface area contributed by atoms with Crippen LogP contribution in [0, 0.1) is 6.92 Å². The lowest BCUT2D eigenvalue weighted by atomic mass is 10.1. The lowest BCUT2D eigenvalue weighted by molar-refractivity contribution is -0.125. The van der Waals surface area contributed by atoms with Gasteiger partial charge in [-0.25, -0.2) is 0 Å². The molecule has 1 amide bonds. The number of carbonyl (C=O) groups is 1. The molecule has 88 valence electrons. The third-order valence-corrected chi connectivity index (χ3v) is 2.11. The van der Waals surface area contributed by atoms with Crippen LogP contribution in [0.25, 0.3) is 0 Å². The van der Waals surface area contributed by atoms with E-state index in [-0.39, 0.29) is 12.5 Å². The molecule has 1 aromatic rings. The molecule has 16 heavy (non-hydrogen) atoms. The molecule has 0 aliphatic rings. The summed E-state index contributed by atoms with van der Waals surface area (Å²) in [6.07, 6.45) is 0. The van der Waals surface area contributed by atoms with Crippen molar-refractivity contribution in [1.29, 1.82) is 0 Å². The van der Waals surface area contributed by atoms with Gasteiger partial charge in [0.2, 0.25) is 5.91 Å². The topological polar surface area (TPSA) is 64.3 Å². The van der Waals surface area contributed by atoms with Crippen molar-refractivity contribution < 1.29 is 9.53 Å². The molecule has 0 atom stereocenters. The molecule has 0 aliphatic carbocycles. The van der Waals surface area contributed by atoms with Gasteiger partial charge in [0.15, 0.2) is 0 Å². The summed E-state index contributed by atoms with van der Waals surface area (Å²) in [4.78, 5) is 11.3. The maximum Gasteiger partial charge on any atom is 0.246 e. The minimum atomic E-state index is -0.117. The average Bonchev–Trinajstić information content (AvgIpc) is 2.29. The second kappa shape index (κ2) is 6.98. The number of nitrogens with two attached hydrogens (primary N) is 1. The van der Waals surface area contributed by atoms with E-state index in [1.165, 1.54) is 5.56 Å². The largest absolute Gasteiger partial charge is 0.370 e. The van der Waals surface area contributed by atoms with Crippen molar-refractivity contribution in [1.82, 2.24) is 5.32 Å². The highest BCUT2D eigenvalue weighted by Gasteiger charge is 2.00. The Labute approximate surface area is 95.8 Å². The van der Waals surface area contributed by atoms with Crippen LogP contribution in [0.4, 0.5) is 0 Å². The number of aryl methyl sites for hydroxylation is 1. The fourth-order valence-corrected chi connectivity index (χ4v) is 1.21. The second-order valence-corrected chi connectivity index (χ2v) is 3.60. The number of nitrogens with one attached hydrogen (secondary N) is 1. The van der Waals surface area contributed by atoms with Gasteiger partial charge in [-0.05, 0) is 12.5 Å². The van der Waals surface area contributed by atoms with Crippen molar-refractivity contribution in [3.8, 4) is 0 Å². The molecule has 0 fully saturated rings. The van der Waals surface area contributed by atoms with Crippen molar-refractivity contribution in [3.63, 3.8) is 0 Å². The molecular weight excluding hydrogens is 204 g/mol. The Balaban J connectivity index is 2.23. The van der Waals surface area contributed by atoms with Gasteiger partial charge >= 0.3 is 0 Å². The number of hydrogen-bond acceptors (Lipinski definition) is 3. The van der Waals surface area contributed by atoms with Crippen molar-refractivity contribution >= 4 is 5.91 Å². The highest BCUT2D eigenvalue weighted by molar-refractivity contribution is 5.77. The van der Waals surface area contributed by atoms with E-state index in [9.17, 15) is 4.79 Å². The van der Waals surface area contributed by atoms with E-state index in [2.05, 4.69) is 5.32 Å². The van der Waals surface area contributed by atoms with E-state index in [1.807, 2.05) is 31.2 Å². The number of benzene rings is 1. The minimum absolute atomic E-state index is 0.0725. The maximum absolute atomic E-state index is 11.3. The van der Waals surface area contributed by atoms with Gasteiger partial charge in [-0.2, -0.15) is 0 Å². The van der Waals surface area contributed by atoms with Crippen LogP contribution in [0.3, 0.4) is 0 Å². The molecule has 0 bridgehead atoms. The van der Waals surface area contributed by atoms with Crippen LogP contribution in [0.2, 0.25) is 0 Å². The first-order valence-corrected chi connectivity index (χ1v) is 5.32. The third-order valence-electron chi connectivity index (χ3n) is 2.11. The molecule has 0 aromatic heterocycles. The number of hydrogen-bond donors (Lipinski definition) is 2. The fraction of sp³-hybridized carbons (Fsp3) is 0.417. The summed E-state index contributed by atoms with van der Waals surface area (Å²) in [5.41, 5.74) is 7.53. The zero-order chi connectivity index (χ0) is 11.8. The van der Waals surface area contributed by atoms with E-state index in [1.54, 1.807) is 0 Å². The fourth-order valence-electron chi connectivity index (χ4n) is 1.21. The quantitative estimate of drug-likeness (QED) is 0.692. The van der Waals surface area contributed by atoms with Gasteiger partial charge in [-0.3, -0.25) is 4.79 Å². The van der Waals surface area contributed by atoms with E-state index >= 15 is 0 Å². The number of ether oxygens (including phenoxy) is 1. The lowest BCUT2D eigenvalue weighted by Crippen LogP contribution is -2.28. The SMILES string of the molecule is Cc1ccc(CNC(=O)COCCN)cc1. The summed E-state index contributed by atoms with van der Waals surface area (Å²) in [7, 11) is 0. The van der Waals surface area contributed by atoms with Gasteiger partial charge < -0.3 is 15.8 Å². The lowest BCUT2D eigenvalue weighted by Gasteiger charge is -2.06. The molecule has 4 nitrogen and oxygen atoms in total. The molecule has 0 saturated heterocycles. The molecule has 1 rings (SSSR count). The van der Waals surface area contributed by atoms with Gasteiger partial charge in [-0.1, -0.05) is 29.8 Å². The molecule has 0 radical (unpaired) electrons. The number of rotatable bonds is 6. The van der Waals surface area contributed by atoms with Crippen LogP contribution in [0.5, 0.6) is 0 Å². The van der Waals surface area contributed by atoms with Crippen molar-refractivity contribution in [2.45, 2.75) is 13.5 Å². The Morgan fingerprint density at radius 3 is 2.69 bits per heavy atom. The van der Waals surface area contributed by atoms with Crippen LogP contribution in [-0.4, -0.2) is 25.7 Å². The maximum atomic E-state index is 11.3. The summed E-state index contributed by atoms with van der Waals surface area (Å²) < 4.78 is 5.02. The molecule has 4 heteroatoms. The minimum Gasteiger partial charge on any atom is -0.370 e. The standard InChI is InChI=1S/C12H18N2O2/c1-10-2-4-11(5-3-10)8-14-12(15)9-16-7-6-13/h2-5H,6-9,13H2,1H3,(H,14,15). The van der Waals surface area contributed by atoms with Crippen LogP contribution in [0.15, 0.2) is 24.3 Å². The molecule has 0 unspecified atom stereocenters. The van der Waals surface area contributed by atoms with Crippen molar-refractivity contribution in [2.24, 2.45) is 5.73 Å². The van der Waals surface area contributed by atoms with E-state index in [0.717, 1.165) is 5.56 Å². The summed E-state index contributed by atoms with van der Waals surface area (Å²) >= 11 is 0. The van der Waals surface area contributed by atoms with Gasteiger partial charge in [0.25, 0.3) is 0 Å². The van der Waals surface area contributed by atoms with Crippen LogP contribution in [-0.2, 0) is 16.1 Å². The van der Waals surface area contributed by atoms with Crippen molar-refractivity contribution in [2.75, 3.05) is 19.8 Å². The molecule has 1 aromatic carbocycles. The number of amides is 1. The Hall–Kier alpha value is -1.39. The smallest absolute Gasteiger partial charge is 0.246 e. The van der Waals surface area contributed by atoms with Gasteiger partial charge in [0.1, 0.15) is 6.61 Å². The predicted octanol–water partition coefficient (Wildman–Crippen LogP) is 0.587. The van der Waals surface area contributed by atoms with Crippen LogP contribution < -0.4 is 11.1 Å². The zero-order valence-corrected chi connectivity index (χ0v) is 9.53. The van der Waals surface area contributed by atoms with Gasteiger partial charge in [-0.15, -0.1) is 0 Å². The number of carbonyl (C=O) groups excluding carboxylic acids is 1. The first-order valence-electron chi connectivity index (χ1n) is 5.32. The average molecular weight is 222 g/mol. The predicted molar refractivity (Wildman–Crippen MR) is 62.9 cm³/mol. The van der Waals surface area contributed by atoms with E-state index in [0.29, 0.717) is 19.7 Å². The monoisotopic (exact) mass is 222 g/mol. The van der Waals surface area contributed by atoms with Gasteiger partial charge in [0.05, 0.1) is 6.61 Å². The summed E-state index contributed by atoms with van der Waals surface area (Å²) in [6, 6.07) is 8.03. The Bertz CT molecular complexity index is 322. The van der Waals surface area contributed by atoms with Crippen LogP contribution in [0.1, 0.15) is 11.1 Å². The normalized spacial score (nSPS) is 10.1. The van der Waals surface area contributed by atoms with E-state index in [4.69, 9.17) is 10.5 Å². The molecule has 0 spiro atoms. The molecule has 0 aliphatic heterocycles. The summed E-state index contributed by atoms with van der Waals surface area (Å²) in [5, 5.41) is 2.77. The second-order valence-electron chi connectivity index (χ2n) is 3.60. The van der Waals surface area contributed by atoms with Crippen molar-refractivity contribution in [3.05, 3.63) is 35.4 Å². The highest BCUT2D eigenvalue weighted by Crippen LogP contribution is 2.02. The molecule has 0 saturated carbocycles. The first-order chi connectivity index (χ1) is 7.72. The third kappa shape index (κ3) is 4.91. The Kier molecular flexibility index (Phi) is 5.53. The first kappa shape index (κ1) is 12.7. The Morgan fingerprint density at radius 1 is 1.38 bits per heavy atom. The molecule has 3 N–H and O–H groups in total. The van der Waals surface area contributed by atoms with E-state index < -0.39 is 0 Å². The summed E-state index contributed by atoms with van der Waals surface area (Å²) in [5.74, 6) is -0.117. The van der Waals surface area contributed by atoms with Gasteiger partial charge in [0, 0.05) is 13.1 Å². The Morgan fingerprint density at radius 2 is 2.06 bits per heavy atom. The summed E-state index contributed by atoms with van der Waals surface area (Å²) in [6.45, 7) is 3.49. The zero-order valence-electron chi connectivity index (χ0n) is 9.53. The molecular formula is C12H18N2O2. The highest BCUT2D eigenvalue weighted by atomic mass is 16.5. The molecule has 0 heterocycles. The van der Waals surface area contributed by atoms with Crippen LogP contribution >= 0.6 is 0 Å².